The molecule has 0 spiro atoms. The van der Waals surface area contributed by atoms with Crippen molar-refractivity contribution in [2.45, 2.75) is 25.4 Å². The molecule has 1 N–H and O–H groups in total. The van der Waals surface area contributed by atoms with Gasteiger partial charge in [-0.3, -0.25) is 15.1 Å². The Labute approximate surface area is 193 Å². The van der Waals surface area contributed by atoms with E-state index in [0.29, 0.717) is 29.6 Å². The van der Waals surface area contributed by atoms with E-state index in [1.807, 2.05) is 39.2 Å². The van der Waals surface area contributed by atoms with Gasteiger partial charge in [-0.1, -0.05) is 0 Å². The predicted molar refractivity (Wildman–Crippen MR) is 124 cm³/mol. The molecule has 1 amide bonds. The number of nitrogens with one attached hydrogen (secondary N) is 1. The van der Waals surface area contributed by atoms with Crippen LogP contribution in [0.15, 0.2) is 66.4 Å². The summed E-state index contributed by atoms with van der Waals surface area (Å²) in [5, 5.41) is 5.27. The van der Waals surface area contributed by atoms with Crippen LogP contribution < -0.4 is 10.2 Å². The number of carbonyl (C=O) groups excluding carboxylic acids is 1. The monoisotopic (exact) mass is 465 g/mol. The Morgan fingerprint density at radius 1 is 1.15 bits per heavy atom. The second-order valence-corrected chi connectivity index (χ2v) is 8.75. The quantitative estimate of drug-likeness (QED) is 0.422. The second kappa shape index (κ2) is 9.11. The molecule has 1 aliphatic rings. The van der Waals surface area contributed by atoms with Gasteiger partial charge in [0, 0.05) is 48.8 Å². The average Bonchev–Trinajstić information content (AvgIpc) is 3.54. The molecular formula is C24H21F2N5OS. The maximum Gasteiger partial charge on any atom is 0.274 e. The van der Waals surface area contributed by atoms with Crippen molar-refractivity contribution in [3.8, 4) is 0 Å². The summed E-state index contributed by atoms with van der Waals surface area (Å²) in [5.74, 6) is -1.45. The molecule has 33 heavy (non-hydrogen) atoms. The molecule has 0 saturated carbocycles. The summed E-state index contributed by atoms with van der Waals surface area (Å²) in [4.78, 5) is 23.5. The lowest BCUT2D eigenvalue weighted by atomic mass is 10.1. The van der Waals surface area contributed by atoms with E-state index in [1.165, 1.54) is 23.5 Å². The number of amides is 1. The minimum absolute atomic E-state index is 0.0938. The normalized spacial score (nSPS) is 15.7. The number of halogens is 2. The standard InChI is InChI=1S/C24H21F2N5OS/c25-17-11-18(26)13-19(12-17)31-10-2-3-21(31)20-15-33-24(28-20)29-23(32)22-4-1-9-30(22)14-16-5-7-27-8-6-16/h1,4-9,11-13,15,21H,2-3,10,14H2,(H,28,29,32)/t21-/m1/s1. The van der Waals surface area contributed by atoms with Gasteiger partial charge in [-0.25, -0.2) is 13.8 Å². The summed E-state index contributed by atoms with van der Waals surface area (Å²) in [7, 11) is 0. The predicted octanol–water partition coefficient (Wildman–Crippen LogP) is 5.26. The van der Waals surface area contributed by atoms with Gasteiger partial charge in [0.1, 0.15) is 17.3 Å². The van der Waals surface area contributed by atoms with E-state index in [4.69, 9.17) is 0 Å². The number of aromatic nitrogens is 3. The highest BCUT2D eigenvalue weighted by Crippen LogP contribution is 2.37. The smallest absolute Gasteiger partial charge is 0.274 e. The van der Waals surface area contributed by atoms with Gasteiger partial charge in [-0.15, -0.1) is 11.3 Å². The van der Waals surface area contributed by atoms with Crippen LogP contribution in [0.3, 0.4) is 0 Å². The van der Waals surface area contributed by atoms with Gasteiger partial charge < -0.3 is 9.47 Å². The largest absolute Gasteiger partial charge is 0.363 e. The molecule has 1 atom stereocenters. The van der Waals surface area contributed by atoms with Crippen LogP contribution in [0.5, 0.6) is 0 Å². The lowest BCUT2D eigenvalue weighted by molar-refractivity contribution is 0.101. The van der Waals surface area contributed by atoms with E-state index >= 15 is 0 Å². The first kappa shape index (κ1) is 21.3. The molecule has 1 fully saturated rings. The van der Waals surface area contributed by atoms with E-state index < -0.39 is 11.6 Å². The molecule has 3 aromatic heterocycles. The molecule has 6 nitrogen and oxygen atoms in total. The Bertz CT molecular complexity index is 1250. The molecule has 5 rings (SSSR count). The van der Waals surface area contributed by atoms with Gasteiger partial charge in [0.15, 0.2) is 5.13 Å². The molecule has 0 radical (unpaired) electrons. The van der Waals surface area contributed by atoms with Crippen molar-refractivity contribution in [2.24, 2.45) is 0 Å². The molecule has 0 bridgehead atoms. The van der Waals surface area contributed by atoms with Crippen LogP contribution >= 0.6 is 11.3 Å². The maximum absolute atomic E-state index is 13.7. The Morgan fingerprint density at radius 3 is 2.73 bits per heavy atom. The Hall–Kier alpha value is -3.59. The van der Waals surface area contributed by atoms with Crippen LogP contribution in [0, 0.1) is 11.6 Å². The number of pyridine rings is 1. The van der Waals surface area contributed by atoms with Crippen molar-refractivity contribution in [1.29, 1.82) is 0 Å². The zero-order chi connectivity index (χ0) is 22.8. The molecule has 4 heterocycles. The van der Waals surface area contributed by atoms with Crippen molar-refractivity contribution in [1.82, 2.24) is 14.5 Å². The number of carbonyl (C=O) groups is 1. The highest BCUT2D eigenvalue weighted by Gasteiger charge is 2.29. The fourth-order valence-corrected chi connectivity index (χ4v) is 4.94. The number of thiazole rings is 1. The number of anilines is 2. The summed E-state index contributed by atoms with van der Waals surface area (Å²) in [5.41, 5.74) is 2.86. The zero-order valence-corrected chi connectivity index (χ0v) is 18.4. The van der Waals surface area contributed by atoms with Crippen LogP contribution in [0.25, 0.3) is 0 Å². The van der Waals surface area contributed by atoms with E-state index in [-0.39, 0.29) is 11.9 Å². The third kappa shape index (κ3) is 4.63. The SMILES string of the molecule is O=C(Nc1nc([C@H]2CCCN2c2cc(F)cc(F)c2)cs1)c1cccn1Cc1ccncc1. The van der Waals surface area contributed by atoms with E-state index in [2.05, 4.69) is 15.3 Å². The maximum atomic E-state index is 13.7. The molecule has 9 heteroatoms. The number of benzene rings is 1. The minimum atomic E-state index is -0.600. The Balaban J connectivity index is 1.30. The van der Waals surface area contributed by atoms with E-state index in [0.717, 1.165) is 30.2 Å². The van der Waals surface area contributed by atoms with Gasteiger partial charge in [0.05, 0.1) is 11.7 Å². The lowest BCUT2D eigenvalue weighted by Gasteiger charge is -2.25. The Kier molecular flexibility index (Phi) is 5.87. The number of hydrogen-bond donors (Lipinski definition) is 1. The number of hydrogen-bond acceptors (Lipinski definition) is 5. The van der Waals surface area contributed by atoms with Gasteiger partial charge >= 0.3 is 0 Å². The van der Waals surface area contributed by atoms with Crippen LogP contribution in [0.4, 0.5) is 19.6 Å². The Morgan fingerprint density at radius 2 is 1.94 bits per heavy atom. The summed E-state index contributed by atoms with van der Waals surface area (Å²) in [6.45, 7) is 1.25. The van der Waals surface area contributed by atoms with Crippen molar-refractivity contribution in [3.05, 3.63) is 95.0 Å². The summed E-state index contributed by atoms with van der Waals surface area (Å²) < 4.78 is 29.3. The van der Waals surface area contributed by atoms with E-state index in [1.54, 1.807) is 18.5 Å². The summed E-state index contributed by atoms with van der Waals surface area (Å²) in [6.07, 6.45) is 7.02. The summed E-state index contributed by atoms with van der Waals surface area (Å²) >= 11 is 1.34. The van der Waals surface area contributed by atoms with Crippen LogP contribution in [-0.4, -0.2) is 27.0 Å². The first-order valence-corrected chi connectivity index (χ1v) is 11.5. The van der Waals surface area contributed by atoms with Gasteiger partial charge in [0.2, 0.25) is 0 Å². The fraction of sp³-hybridized carbons (Fsp3) is 0.208. The molecular weight excluding hydrogens is 444 g/mol. The highest BCUT2D eigenvalue weighted by molar-refractivity contribution is 7.14. The third-order valence-corrected chi connectivity index (χ3v) is 6.46. The average molecular weight is 466 g/mol. The van der Waals surface area contributed by atoms with Gasteiger partial charge in [0.25, 0.3) is 5.91 Å². The molecule has 1 saturated heterocycles. The van der Waals surface area contributed by atoms with Gasteiger partial charge in [-0.2, -0.15) is 0 Å². The molecule has 168 valence electrons. The van der Waals surface area contributed by atoms with E-state index in [9.17, 15) is 13.6 Å². The van der Waals surface area contributed by atoms with Crippen molar-refractivity contribution in [3.63, 3.8) is 0 Å². The topological polar surface area (TPSA) is 63.1 Å². The number of nitrogens with zero attached hydrogens (tertiary/aromatic N) is 4. The third-order valence-electron chi connectivity index (χ3n) is 5.68. The molecule has 1 aromatic carbocycles. The van der Waals surface area contributed by atoms with Crippen LogP contribution in [0.2, 0.25) is 0 Å². The number of rotatable bonds is 6. The first-order chi connectivity index (χ1) is 16.1. The fourth-order valence-electron chi connectivity index (χ4n) is 4.19. The van der Waals surface area contributed by atoms with Crippen LogP contribution in [0.1, 0.15) is 40.6 Å². The molecule has 0 unspecified atom stereocenters. The van der Waals surface area contributed by atoms with Crippen molar-refractivity contribution in [2.75, 3.05) is 16.8 Å². The zero-order valence-electron chi connectivity index (χ0n) is 17.6. The minimum Gasteiger partial charge on any atom is -0.363 e. The second-order valence-electron chi connectivity index (χ2n) is 7.89. The molecule has 1 aliphatic heterocycles. The lowest BCUT2D eigenvalue weighted by Crippen LogP contribution is -2.23. The van der Waals surface area contributed by atoms with Crippen molar-refractivity contribution >= 4 is 28.1 Å². The first-order valence-electron chi connectivity index (χ1n) is 10.6. The highest BCUT2D eigenvalue weighted by atomic mass is 32.1. The van der Waals surface area contributed by atoms with Crippen LogP contribution in [-0.2, 0) is 6.54 Å². The summed E-state index contributed by atoms with van der Waals surface area (Å²) in [6, 6.07) is 10.9. The van der Waals surface area contributed by atoms with Gasteiger partial charge in [-0.05, 0) is 54.8 Å². The molecule has 4 aromatic rings. The molecule has 0 aliphatic carbocycles. The van der Waals surface area contributed by atoms with Crippen molar-refractivity contribution < 1.29 is 13.6 Å².